The van der Waals surface area contributed by atoms with Crippen LogP contribution < -0.4 is 5.32 Å². The Morgan fingerprint density at radius 2 is 1.90 bits per heavy atom. The summed E-state index contributed by atoms with van der Waals surface area (Å²) in [5.41, 5.74) is 1.32. The van der Waals surface area contributed by atoms with Crippen LogP contribution in [0.25, 0.3) is 0 Å². The van der Waals surface area contributed by atoms with Crippen molar-refractivity contribution in [1.82, 2.24) is 10.3 Å². The van der Waals surface area contributed by atoms with Crippen molar-refractivity contribution in [3.8, 4) is 0 Å². The topological polar surface area (TPSA) is 76.1 Å². The monoisotopic (exact) mass is 304 g/mol. The molecule has 0 bridgehead atoms. The van der Waals surface area contributed by atoms with Crippen LogP contribution in [-0.4, -0.2) is 25.1 Å². The van der Waals surface area contributed by atoms with E-state index in [-0.39, 0.29) is 11.7 Å². The largest absolute Gasteiger partial charge is 0.348 e. The number of nitrogens with zero attached hydrogens (tertiary/aromatic N) is 1. The first kappa shape index (κ1) is 15.2. The molecule has 5 nitrogen and oxygen atoms in total. The summed E-state index contributed by atoms with van der Waals surface area (Å²) in [4.78, 5) is 16.0. The van der Waals surface area contributed by atoms with E-state index in [4.69, 9.17) is 0 Å². The van der Waals surface area contributed by atoms with Gasteiger partial charge in [-0.25, -0.2) is 8.42 Å². The Hall–Kier alpha value is -2.21. The summed E-state index contributed by atoms with van der Waals surface area (Å²) in [6.45, 7) is 1.94. The number of benzene rings is 1. The van der Waals surface area contributed by atoms with Crippen LogP contribution in [0.4, 0.5) is 0 Å². The van der Waals surface area contributed by atoms with E-state index >= 15 is 0 Å². The highest BCUT2D eigenvalue weighted by atomic mass is 32.2. The third kappa shape index (κ3) is 3.88. The Bertz CT molecular complexity index is 710. The molecule has 0 unspecified atom stereocenters. The second-order valence-corrected chi connectivity index (χ2v) is 6.75. The molecule has 0 atom stereocenters. The minimum absolute atomic E-state index is 0.0735. The van der Waals surface area contributed by atoms with E-state index in [0.717, 1.165) is 5.56 Å². The molecule has 1 N–H and O–H groups in total. The molecule has 0 aliphatic rings. The zero-order valence-corrected chi connectivity index (χ0v) is 12.4. The van der Waals surface area contributed by atoms with Gasteiger partial charge >= 0.3 is 0 Å². The van der Waals surface area contributed by atoms with E-state index in [1.165, 1.54) is 6.20 Å². The Labute approximate surface area is 124 Å². The predicted octanol–water partition coefficient (Wildman–Crippen LogP) is 1.81. The van der Waals surface area contributed by atoms with E-state index in [1.54, 1.807) is 49.5 Å². The van der Waals surface area contributed by atoms with Crippen molar-refractivity contribution in [2.45, 2.75) is 18.4 Å². The normalized spacial score (nSPS) is 11.1. The average molecular weight is 304 g/mol. The molecule has 6 heteroatoms. The lowest BCUT2D eigenvalue weighted by Crippen LogP contribution is -2.22. The molecular weight excluding hydrogens is 288 g/mol. The SMILES string of the molecule is CCS(=O)(=O)c1ccc(CNC(=O)c2cccnc2)cc1. The van der Waals surface area contributed by atoms with Crippen molar-refractivity contribution in [2.75, 3.05) is 5.75 Å². The lowest BCUT2D eigenvalue weighted by atomic mass is 10.2. The molecule has 1 aromatic carbocycles. The Morgan fingerprint density at radius 3 is 2.48 bits per heavy atom. The Morgan fingerprint density at radius 1 is 1.19 bits per heavy atom. The van der Waals surface area contributed by atoms with Crippen LogP contribution in [0.3, 0.4) is 0 Å². The molecule has 2 aromatic rings. The Kier molecular flexibility index (Phi) is 4.70. The average Bonchev–Trinajstić information content (AvgIpc) is 2.54. The van der Waals surface area contributed by atoms with E-state index in [2.05, 4.69) is 10.3 Å². The molecule has 0 saturated heterocycles. The van der Waals surface area contributed by atoms with Crippen molar-refractivity contribution >= 4 is 15.7 Å². The number of aromatic nitrogens is 1. The zero-order valence-electron chi connectivity index (χ0n) is 11.6. The number of amides is 1. The summed E-state index contributed by atoms with van der Waals surface area (Å²) in [5.74, 6) is -0.141. The fourth-order valence-corrected chi connectivity index (χ4v) is 2.65. The number of pyridine rings is 1. The van der Waals surface area contributed by atoms with Crippen molar-refractivity contribution in [3.63, 3.8) is 0 Å². The smallest absolute Gasteiger partial charge is 0.253 e. The van der Waals surface area contributed by atoms with E-state index in [0.29, 0.717) is 17.0 Å². The van der Waals surface area contributed by atoms with Gasteiger partial charge in [0.15, 0.2) is 9.84 Å². The third-order valence-corrected chi connectivity index (χ3v) is 4.79. The number of carbonyl (C=O) groups excluding carboxylic acids is 1. The van der Waals surface area contributed by atoms with Gasteiger partial charge in [-0.05, 0) is 29.8 Å². The van der Waals surface area contributed by atoms with Gasteiger partial charge in [-0.1, -0.05) is 19.1 Å². The molecule has 21 heavy (non-hydrogen) atoms. The van der Waals surface area contributed by atoms with Gasteiger partial charge in [0.1, 0.15) is 0 Å². The highest BCUT2D eigenvalue weighted by molar-refractivity contribution is 7.91. The summed E-state index contributed by atoms with van der Waals surface area (Å²) in [6.07, 6.45) is 3.09. The van der Waals surface area contributed by atoms with Crippen LogP contribution in [0.5, 0.6) is 0 Å². The molecule has 1 aromatic heterocycles. The molecule has 0 aliphatic heterocycles. The van der Waals surface area contributed by atoms with Gasteiger partial charge in [0.05, 0.1) is 16.2 Å². The van der Waals surface area contributed by atoms with Gasteiger partial charge in [0.2, 0.25) is 0 Å². The first-order valence-corrected chi connectivity index (χ1v) is 8.18. The summed E-state index contributed by atoms with van der Waals surface area (Å²) >= 11 is 0. The molecule has 0 aliphatic carbocycles. The number of hydrogen-bond donors (Lipinski definition) is 1. The summed E-state index contributed by atoms with van der Waals surface area (Å²) < 4.78 is 23.4. The fraction of sp³-hybridized carbons (Fsp3) is 0.200. The van der Waals surface area contributed by atoms with Crippen molar-refractivity contribution in [3.05, 3.63) is 59.9 Å². The van der Waals surface area contributed by atoms with Crippen molar-refractivity contribution in [2.24, 2.45) is 0 Å². The molecule has 0 radical (unpaired) electrons. The number of nitrogens with one attached hydrogen (secondary N) is 1. The fourth-order valence-electron chi connectivity index (χ4n) is 1.76. The molecule has 0 saturated carbocycles. The highest BCUT2D eigenvalue weighted by Gasteiger charge is 2.11. The van der Waals surface area contributed by atoms with E-state index in [9.17, 15) is 13.2 Å². The number of sulfone groups is 1. The molecule has 1 amide bonds. The van der Waals surface area contributed by atoms with Crippen LogP contribution in [0.1, 0.15) is 22.8 Å². The molecule has 0 fully saturated rings. The van der Waals surface area contributed by atoms with E-state index < -0.39 is 9.84 Å². The quantitative estimate of drug-likeness (QED) is 0.914. The lowest BCUT2D eigenvalue weighted by Gasteiger charge is -2.06. The van der Waals surface area contributed by atoms with E-state index in [1.807, 2.05) is 0 Å². The third-order valence-electron chi connectivity index (χ3n) is 3.04. The van der Waals surface area contributed by atoms with Crippen LogP contribution in [0.15, 0.2) is 53.7 Å². The lowest BCUT2D eigenvalue weighted by molar-refractivity contribution is 0.0950. The maximum absolute atomic E-state index is 11.8. The Balaban J connectivity index is 2.00. The van der Waals surface area contributed by atoms with Crippen LogP contribution >= 0.6 is 0 Å². The minimum atomic E-state index is -3.18. The first-order valence-electron chi connectivity index (χ1n) is 6.53. The maximum Gasteiger partial charge on any atom is 0.253 e. The maximum atomic E-state index is 11.8. The predicted molar refractivity (Wildman–Crippen MR) is 79.6 cm³/mol. The van der Waals surface area contributed by atoms with Gasteiger partial charge < -0.3 is 5.32 Å². The number of hydrogen-bond acceptors (Lipinski definition) is 4. The van der Waals surface area contributed by atoms with Gasteiger partial charge in [-0.3, -0.25) is 9.78 Å². The molecule has 1 heterocycles. The van der Waals surface area contributed by atoms with Gasteiger partial charge in [-0.15, -0.1) is 0 Å². The summed E-state index contributed by atoms with van der Waals surface area (Å²) in [6, 6.07) is 9.89. The number of carbonyl (C=O) groups is 1. The molecule has 2 rings (SSSR count). The second-order valence-electron chi connectivity index (χ2n) is 4.47. The van der Waals surface area contributed by atoms with Crippen LogP contribution in [0.2, 0.25) is 0 Å². The van der Waals surface area contributed by atoms with Gasteiger partial charge in [0, 0.05) is 18.9 Å². The highest BCUT2D eigenvalue weighted by Crippen LogP contribution is 2.12. The van der Waals surface area contributed by atoms with Crippen LogP contribution in [-0.2, 0) is 16.4 Å². The zero-order chi connectivity index (χ0) is 15.3. The summed E-state index contributed by atoms with van der Waals surface area (Å²) in [7, 11) is -3.18. The van der Waals surface area contributed by atoms with Crippen molar-refractivity contribution < 1.29 is 13.2 Å². The molecule has 110 valence electrons. The molecule has 0 spiro atoms. The first-order chi connectivity index (χ1) is 10.0. The van der Waals surface area contributed by atoms with Gasteiger partial charge in [-0.2, -0.15) is 0 Å². The number of rotatable bonds is 5. The van der Waals surface area contributed by atoms with Gasteiger partial charge in [0.25, 0.3) is 5.91 Å². The standard InChI is InChI=1S/C15H16N2O3S/c1-2-21(19,20)14-7-5-12(6-8-14)10-17-15(18)13-4-3-9-16-11-13/h3-9,11H,2,10H2,1H3,(H,17,18). The molecular formula is C15H16N2O3S. The van der Waals surface area contributed by atoms with Crippen molar-refractivity contribution in [1.29, 1.82) is 0 Å². The summed E-state index contributed by atoms with van der Waals surface area (Å²) in [5, 5.41) is 2.76. The minimum Gasteiger partial charge on any atom is -0.348 e. The second kappa shape index (κ2) is 6.49. The van der Waals surface area contributed by atoms with Crippen LogP contribution in [0, 0.1) is 0 Å².